The molecule has 0 aliphatic carbocycles. The number of imide groups is 1. The number of carboxylic acid groups (broad SMARTS) is 1. The van der Waals surface area contributed by atoms with Gasteiger partial charge >= 0.3 is 12.0 Å². The molecule has 0 aromatic heterocycles. The van der Waals surface area contributed by atoms with Gasteiger partial charge in [0.15, 0.2) is 0 Å². The van der Waals surface area contributed by atoms with Crippen molar-refractivity contribution < 1.29 is 32.7 Å². The lowest BCUT2D eigenvalue weighted by Crippen LogP contribution is -2.50. The third kappa shape index (κ3) is 6.51. The van der Waals surface area contributed by atoms with E-state index in [1.54, 1.807) is 31.2 Å². The second kappa shape index (κ2) is 11.1. The highest BCUT2D eigenvalue weighted by Gasteiger charge is 2.49. The average Bonchev–Trinajstić information content (AvgIpc) is 2.99. The lowest BCUT2D eigenvalue weighted by Gasteiger charge is -2.22. The van der Waals surface area contributed by atoms with Crippen LogP contribution in [0.1, 0.15) is 37.8 Å². The predicted molar refractivity (Wildman–Crippen MR) is 122 cm³/mol. The van der Waals surface area contributed by atoms with E-state index in [0.29, 0.717) is 28.9 Å². The minimum Gasteiger partial charge on any atom is -0.480 e. The molecule has 1 aliphatic heterocycles. The molecular formula is C20H28N6O7S. The average molecular weight is 497 g/mol. The van der Waals surface area contributed by atoms with Crippen LogP contribution in [0, 0.1) is 0 Å². The zero-order chi connectivity index (χ0) is 25.5. The van der Waals surface area contributed by atoms with Gasteiger partial charge in [-0.15, -0.1) is 0 Å². The van der Waals surface area contributed by atoms with Crippen LogP contribution in [0.5, 0.6) is 0 Å². The van der Waals surface area contributed by atoms with E-state index in [-0.39, 0.29) is 5.75 Å². The number of nitrogens with two attached hydrogens (primary N) is 1. The number of carbonyl (C=O) groups excluding carboxylic acids is 3. The Labute approximate surface area is 196 Å². The summed E-state index contributed by atoms with van der Waals surface area (Å²) >= 11 is 0. The lowest BCUT2D eigenvalue weighted by atomic mass is 9.91. The summed E-state index contributed by atoms with van der Waals surface area (Å²) in [5.41, 5.74) is -0.273. The first-order valence-electron chi connectivity index (χ1n) is 10.4. The smallest absolute Gasteiger partial charge is 0.325 e. The van der Waals surface area contributed by atoms with Crippen molar-refractivity contribution in [3.63, 3.8) is 0 Å². The van der Waals surface area contributed by atoms with Crippen LogP contribution >= 0.6 is 0 Å². The van der Waals surface area contributed by atoms with Crippen LogP contribution in [0.4, 0.5) is 4.79 Å². The highest BCUT2D eigenvalue weighted by molar-refractivity contribution is 7.89. The molecule has 1 heterocycles. The molecule has 1 saturated heterocycles. The van der Waals surface area contributed by atoms with Crippen molar-refractivity contribution in [2.45, 2.75) is 38.3 Å². The Morgan fingerprint density at radius 3 is 2.50 bits per heavy atom. The monoisotopic (exact) mass is 496 g/mol. The summed E-state index contributed by atoms with van der Waals surface area (Å²) in [5.74, 6) is 1.87. The van der Waals surface area contributed by atoms with Gasteiger partial charge in [-0.25, -0.2) is 13.2 Å². The Bertz CT molecular complexity index is 1070. The third-order valence-electron chi connectivity index (χ3n) is 5.18. The second-order valence-corrected chi connectivity index (χ2v) is 9.71. The summed E-state index contributed by atoms with van der Waals surface area (Å²) in [6.45, 7) is 2.04. The lowest BCUT2D eigenvalue weighted by molar-refractivity contribution is -0.139. The van der Waals surface area contributed by atoms with Crippen molar-refractivity contribution in [1.82, 2.24) is 20.3 Å². The quantitative estimate of drug-likeness (QED) is 0.105. The van der Waals surface area contributed by atoms with Gasteiger partial charge in [0.05, 0.1) is 12.0 Å². The van der Waals surface area contributed by atoms with Gasteiger partial charge in [0.25, 0.3) is 5.91 Å². The Morgan fingerprint density at radius 2 is 1.94 bits per heavy atom. The minimum atomic E-state index is -3.85. The standard InChI is InChI=1S/C20H28N6O7S/c1-3-4-9-34(32,33)25-15(17(28)29)11-22-16(27)12-26-18(30)20(2,24-19(26)31)14-7-5-13(6-8-14)10-23-21/h5-8,10,15,25H,3-4,9,11-12,21H2,1-2H3,(H,22,27)(H,24,31)(H,28,29)/b23-10+. The molecule has 34 heavy (non-hydrogen) atoms. The maximum atomic E-state index is 12.9. The van der Waals surface area contributed by atoms with E-state index in [0.717, 1.165) is 0 Å². The molecule has 2 unspecified atom stereocenters. The van der Waals surface area contributed by atoms with Crippen molar-refractivity contribution in [2.75, 3.05) is 18.8 Å². The van der Waals surface area contributed by atoms with Crippen molar-refractivity contribution in [2.24, 2.45) is 10.9 Å². The molecule has 1 aromatic carbocycles. The van der Waals surface area contributed by atoms with Gasteiger partial charge < -0.3 is 21.6 Å². The Morgan fingerprint density at radius 1 is 1.29 bits per heavy atom. The summed E-state index contributed by atoms with van der Waals surface area (Å²) in [6, 6.07) is 4.13. The molecule has 4 amide bonds. The van der Waals surface area contributed by atoms with Crippen LogP contribution < -0.4 is 21.2 Å². The van der Waals surface area contributed by atoms with Gasteiger partial charge in [0.2, 0.25) is 15.9 Å². The number of aliphatic carboxylic acids is 1. The fraction of sp³-hybridized carbons (Fsp3) is 0.450. The number of rotatable bonds is 12. The summed E-state index contributed by atoms with van der Waals surface area (Å²) in [4.78, 5) is 49.8. The normalized spacial score (nSPS) is 19.3. The topological polar surface area (TPSA) is 200 Å². The van der Waals surface area contributed by atoms with E-state index in [2.05, 4.69) is 15.7 Å². The molecule has 6 N–H and O–H groups in total. The first kappa shape index (κ1) is 26.7. The molecule has 2 atom stereocenters. The third-order valence-corrected chi connectivity index (χ3v) is 6.65. The van der Waals surface area contributed by atoms with Crippen LogP contribution in [0.2, 0.25) is 0 Å². The van der Waals surface area contributed by atoms with Gasteiger partial charge in [-0.05, 0) is 24.5 Å². The van der Waals surface area contributed by atoms with E-state index in [1.165, 1.54) is 13.1 Å². The maximum absolute atomic E-state index is 12.9. The Hall–Kier alpha value is -3.52. The number of hydrogen-bond acceptors (Lipinski definition) is 8. The van der Waals surface area contributed by atoms with Crippen LogP contribution in [0.3, 0.4) is 0 Å². The number of nitrogens with one attached hydrogen (secondary N) is 3. The van der Waals surface area contributed by atoms with E-state index < -0.39 is 58.5 Å². The fourth-order valence-electron chi connectivity index (χ4n) is 3.23. The first-order chi connectivity index (χ1) is 15.9. The number of hydrazone groups is 1. The van der Waals surface area contributed by atoms with Gasteiger partial charge in [-0.3, -0.25) is 19.3 Å². The predicted octanol–water partition coefficient (Wildman–Crippen LogP) is -0.965. The summed E-state index contributed by atoms with van der Waals surface area (Å²) < 4.78 is 26.0. The van der Waals surface area contributed by atoms with Crippen LogP contribution in [0.15, 0.2) is 29.4 Å². The summed E-state index contributed by atoms with van der Waals surface area (Å²) in [6.07, 6.45) is 2.36. The molecule has 0 bridgehead atoms. The van der Waals surface area contributed by atoms with Gasteiger partial charge in [-0.2, -0.15) is 9.82 Å². The van der Waals surface area contributed by atoms with Crippen molar-refractivity contribution in [3.8, 4) is 0 Å². The molecule has 0 radical (unpaired) electrons. The van der Waals surface area contributed by atoms with Crippen LogP contribution in [0.25, 0.3) is 0 Å². The van der Waals surface area contributed by atoms with Gasteiger partial charge in [-0.1, -0.05) is 37.6 Å². The van der Waals surface area contributed by atoms with Crippen molar-refractivity contribution >= 4 is 40.1 Å². The maximum Gasteiger partial charge on any atom is 0.325 e. The first-order valence-corrected chi connectivity index (χ1v) is 12.1. The zero-order valence-electron chi connectivity index (χ0n) is 18.8. The van der Waals surface area contributed by atoms with Crippen molar-refractivity contribution in [3.05, 3.63) is 35.4 Å². The highest BCUT2D eigenvalue weighted by atomic mass is 32.2. The van der Waals surface area contributed by atoms with E-state index in [9.17, 15) is 32.7 Å². The highest BCUT2D eigenvalue weighted by Crippen LogP contribution is 2.28. The molecule has 0 saturated carbocycles. The van der Waals surface area contributed by atoms with Gasteiger partial charge in [0.1, 0.15) is 18.1 Å². The molecule has 1 fully saturated rings. The van der Waals surface area contributed by atoms with E-state index in [4.69, 9.17) is 5.84 Å². The zero-order valence-corrected chi connectivity index (χ0v) is 19.6. The second-order valence-electron chi connectivity index (χ2n) is 7.83. The minimum absolute atomic E-state index is 0.248. The number of carboxylic acids is 1. The molecule has 2 rings (SSSR count). The molecular weight excluding hydrogens is 468 g/mol. The number of nitrogens with zero attached hydrogens (tertiary/aromatic N) is 2. The van der Waals surface area contributed by atoms with E-state index in [1.807, 2.05) is 4.72 Å². The molecule has 14 heteroatoms. The van der Waals surface area contributed by atoms with Crippen LogP contribution in [-0.2, 0) is 29.9 Å². The van der Waals surface area contributed by atoms with Crippen LogP contribution in [-0.4, -0.2) is 73.3 Å². The Kier molecular flexibility index (Phi) is 8.70. The summed E-state index contributed by atoms with van der Waals surface area (Å²) in [7, 11) is -3.85. The largest absolute Gasteiger partial charge is 0.480 e. The molecule has 0 spiro atoms. The van der Waals surface area contributed by atoms with Crippen molar-refractivity contribution in [1.29, 1.82) is 0 Å². The molecule has 1 aromatic rings. The number of unbranched alkanes of at least 4 members (excludes halogenated alkanes) is 1. The molecule has 13 nitrogen and oxygen atoms in total. The molecule has 1 aliphatic rings. The Balaban J connectivity index is 2.03. The number of sulfonamides is 1. The number of amides is 4. The van der Waals surface area contributed by atoms with E-state index >= 15 is 0 Å². The van der Waals surface area contributed by atoms with Gasteiger partial charge in [0, 0.05) is 6.54 Å². The number of urea groups is 1. The molecule has 186 valence electrons. The number of carbonyl (C=O) groups is 4. The summed E-state index contributed by atoms with van der Waals surface area (Å²) in [5, 5.41) is 17.5. The SMILES string of the molecule is CCCCS(=O)(=O)NC(CNC(=O)CN1C(=O)NC(C)(c2ccc(/C=N/N)cc2)C1=O)C(=O)O. The fourth-order valence-corrected chi connectivity index (χ4v) is 4.63. The number of benzene rings is 1. The number of hydrogen-bond donors (Lipinski definition) is 5.